The van der Waals surface area contributed by atoms with E-state index < -0.39 is 37.1 Å². The van der Waals surface area contributed by atoms with E-state index in [-0.39, 0.29) is 11.5 Å². The molecule has 1 fully saturated rings. The van der Waals surface area contributed by atoms with Crippen LogP contribution >= 0.6 is 0 Å². The summed E-state index contributed by atoms with van der Waals surface area (Å²) < 4.78 is 6.42. The van der Waals surface area contributed by atoms with E-state index in [1.165, 1.54) is 0 Å². The summed E-state index contributed by atoms with van der Waals surface area (Å²) in [5.41, 5.74) is 4.90. The van der Waals surface area contributed by atoms with Crippen molar-refractivity contribution < 1.29 is 29.6 Å². The van der Waals surface area contributed by atoms with E-state index in [1.807, 2.05) is 0 Å². The fraction of sp³-hybridized carbons (Fsp3) is 0.500. The van der Waals surface area contributed by atoms with Gasteiger partial charge in [-0.15, -0.1) is 0 Å². The van der Waals surface area contributed by atoms with Crippen LogP contribution in [-0.4, -0.2) is 62.1 Å². The number of imidazole rings is 1. The summed E-state index contributed by atoms with van der Waals surface area (Å²) in [4.78, 5) is 25.5. The molecule has 0 aliphatic carbocycles. The van der Waals surface area contributed by atoms with E-state index in [1.54, 1.807) is 0 Å². The molecule has 0 saturated carbocycles. The van der Waals surface area contributed by atoms with Crippen LogP contribution in [0.25, 0.3) is 0 Å². The molecule has 2 heterocycles. The Hall–Kier alpha value is -2.01. The Bertz CT molecular complexity index is 518. The van der Waals surface area contributed by atoms with Gasteiger partial charge in [0.15, 0.2) is 11.9 Å². The van der Waals surface area contributed by atoms with Crippen molar-refractivity contribution >= 4 is 18.1 Å². The number of anilines is 1. The molecule has 20 heavy (non-hydrogen) atoms. The molecule has 110 valence electrons. The Morgan fingerprint density at radius 1 is 1.55 bits per heavy atom. The van der Waals surface area contributed by atoms with E-state index in [9.17, 15) is 19.8 Å². The van der Waals surface area contributed by atoms with Gasteiger partial charge in [-0.05, 0) is 0 Å². The molecule has 4 atom stereocenters. The molecule has 2 rings (SSSR count). The van der Waals surface area contributed by atoms with E-state index in [2.05, 4.69) is 10.3 Å². The second-order valence-electron chi connectivity index (χ2n) is 4.20. The van der Waals surface area contributed by atoms with Gasteiger partial charge >= 0.3 is 0 Å². The molecule has 10 heteroatoms. The number of aromatic nitrogens is 2. The maximum atomic E-state index is 11.2. The maximum Gasteiger partial charge on any atom is 0.271 e. The minimum Gasteiger partial charge on any atom is -0.394 e. The number of ether oxygens (including phenoxy) is 1. The van der Waals surface area contributed by atoms with Crippen molar-refractivity contribution in [3.8, 4) is 0 Å². The molecule has 0 spiro atoms. The maximum absolute atomic E-state index is 11.2. The molecule has 1 aromatic rings. The van der Waals surface area contributed by atoms with Crippen LogP contribution in [0.1, 0.15) is 16.7 Å². The zero-order valence-electron chi connectivity index (χ0n) is 10.2. The number of rotatable bonds is 5. The van der Waals surface area contributed by atoms with Gasteiger partial charge in [-0.3, -0.25) is 14.2 Å². The predicted octanol–water partition coefficient (Wildman–Crippen LogP) is -2.84. The van der Waals surface area contributed by atoms with Crippen LogP contribution < -0.4 is 11.1 Å². The van der Waals surface area contributed by atoms with Gasteiger partial charge in [-0.25, -0.2) is 4.98 Å². The summed E-state index contributed by atoms with van der Waals surface area (Å²) in [6, 6.07) is 0. The number of nitrogens with one attached hydrogen (secondary N) is 1. The molecule has 1 aliphatic rings. The highest BCUT2D eigenvalue weighted by molar-refractivity contribution is 5.97. The van der Waals surface area contributed by atoms with Gasteiger partial charge in [0.1, 0.15) is 24.1 Å². The number of nitrogens with zero attached hydrogens (tertiary/aromatic N) is 2. The second kappa shape index (κ2) is 5.54. The van der Waals surface area contributed by atoms with Gasteiger partial charge in [-0.1, -0.05) is 0 Å². The third-order valence-electron chi connectivity index (χ3n) is 3.01. The Morgan fingerprint density at radius 3 is 2.75 bits per heavy atom. The second-order valence-corrected chi connectivity index (χ2v) is 4.20. The van der Waals surface area contributed by atoms with Gasteiger partial charge in [0.05, 0.1) is 12.9 Å². The van der Waals surface area contributed by atoms with Crippen LogP contribution in [0.2, 0.25) is 0 Å². The average Bonchev–Trinajstić information content (AvgIpc) is 2.94. The van der Waals surface area contributed by atoms with Crippen LogP contribution in [0.3, 0.4) is 0 Å². The molecule has 0 bridgehead atoms. The minimum atomic E-state index is -1.37. The molecule has 1 saturated heterocycles. The number of nitrogens with two attached hydrogens (primary N) is 1. The number of primary amides is 1. The molecule has 0 unspecified atom stereocenters. The highest BCUT2D eigenvalue weighted by atomic mass is 16.6. The number of aliphatic hydroxyl groups excluding tert-OH is 3. The Kier molecular flexibility index (Phi) is 3.99. The lowest BCUT2D eigenvalue weighted by Gasteiger charge is -2.18. The first-order valence-corrected chi connectivity index (χ1v) is 5.70. The van der Waals surface area contributed by atoms with Crippen LogP contribution in [0.15, 0.2) is 6.33 Å². The molecule has 0 radical (unpaired) electrons. The van der Waals surface area contributed by atoms with Crippen molar-refractivity contribution in [3.05, 3.63) is 12.0 Å². The van der Waals surface area contributed by atoms with Gasteiger partial charge < -0.3 is 31.1 Å². The predicted molar refractivity (Wildman–Crippen MR) is 63.4 cm³/mol. The van der Waals surface area contributed by atoms with Crippen molar-refractivity contribution in [2.45, 2.75) is 24.5 Å². The zero-order chi connectivity index (χ0) is 14.9. The Morgan fingerprint density at radius 2 is 2.25 bits per heavy atom. The van der Waals surface area contributed by atoms with Gasteiger partial charge in [-0.2, -0.15) is 0 Å². The topological polar surface area (TPSA) is 160 Å². The fourth-order valence-corrected chi connectivity index (χ4v) is 2.04. The molecular formula is C10H14N4O6. The first kappa shape index (κ1) is 14.4. The smallest absolute Gasteiger partial charge is 0.271 e. The summed E-state index contributed by atoms with van der Waals surface area (Å²) in [5.74, 6) is -0.942. The van der Waals surface area contributed by atoms with Gasteiger partial charge in [0.25, 0.3) is 5.91 Å². The average molecular weight is 286 g/mol. The van der Waals surface area contributed by atoms with Crippen LogP contribution in [0.4, 0.5) is 5.82 Å². The summed E-state index contributed by atoms with van der Waals surface area (Å²) in [7, 11) is 0. The molecule has 0 aromatic carbocycles. The van der Waals surface area contributed by atoms with Crippen molar-refractivity contribution in [3.63, 3.8) is 0 Å². The largest absolute Gasteiger partial charge is 0.394 e. The summed E-state index contributed by atoms with van der Waals surface area (Å²) in [6.45, 7) is -0.497. The summed E-state index contributed by atoms with van der Waals surface area (Å²) in [6.07, 6.45) is -3.35. The standard InChI is InChI=1S/C10H14N4O6/c11-8(19)5-9(13-3-16)14(2-12-5)10-7(18)6(17)4(1-15)20-10/h2-4,6-7,10,15,17-18H,1H2,(H2,11,19)(H,13,16)/t4-,6+,7-,10-/m0/s1. The SMILES string of the molecule is NC(=O)c1ncn([C@H]2O[C@@H](CO)[C@@H](O)[C@@H]2O)c1NC=O. The van der Waals surface area contributed by atoms with E-state index >= 15 is 0 Å². The molecule has 2 amide bonds. The van der Waals surface area contributed by atoms with Crippen molar-refractivity contribution in [1.29, 1.82) is 0 Å². The quantitative estimate of drug-likeness (QED) is 0.364. The Labute approximate surface area is 112 Å². The molecule has 6 N–H and O–H groups in total. The number of aliphatic hydroxyl groups is 3. The third-order valence-corrected chi connectivity index (χ3v) is 3.01. The molecule has 10 nitrogen and oxygen atoms in total. The van der Waals surface area contributed by atoms with E-state index in [0.29, 0.717) is 6.41 Å². The van der Waals surface area contributed by atoms with Crippen molar-refractivity contribution in [2.75, 3.05) is 11.9 Å². The Balaban J connectivity index is 2.38. The number of amides is 2. The molecular weight excluding hydrogens is 272 g/mol. The lowest BCUT2D eigenvalue weighted by Crippen LogP contribution is -2.33. The minimum absolute atomic E-state index is 0.0673. The zero-order valence-corrected chi connectivity index (χ0v) is 10.2. The number of carbonyl (C=O) groups excluding carboxylic acids is 2. The number of carbonyl (C=O) groups is 2. The monoisotopic (exact) mass is 286 g/mol. The molecule has 1 aliphatic heterocycles. The van der Waals surface area contributed by atoms with Crippen LogP contribution in [-0.2, 0) is 9.53 Å². The first-order chi connectivity index (χ1) is 9.51. The number of hydrogen-bond acceptors (Lipinski definition) is 7. The lowest BCUT2D eigenvalue weighted by molar-refractivity contribution is -0.105. The van der Waals surface area contributed by atoms with Crippen molar-refractivity contribution in [2.24, 2.45) is 5.73 Å². The summed E-state index contributed by atoms with van der Waals surface area (Å²) >= 11 is 0. The van der Waals surface area contributed by atoms with Gasteiger partial charge in [0.2, 0.25) is 6.41 Å². The first-order valence-electron chi connectivity index (χ1n) is 5.70. The number of hydrogen-bond donors (Lipinski definition) is 5. The normalized spacial score (nSPS) is 29.4. The summed E-state index contributed by atoms with van der Waals surface area (Å²) in [5, 5.41) is 30.8. The highest BCUT2D eigenvalue weighted by Gasteiger charge is 2.44. The molecule has 1 aromatic heterocycles. The van der Waals surface area contributed by atoms with Crippen LogP contribution in [0.5, 0.6) is 0 Å². The fourth-order valence-electron chi connectivity index (χ4n) is 2.04. The third kappa shape index (κ3) is 2.25. The van der Waals surface area contributed by atoms with Crippen molar-refractivity contribution in [1.82, 2.24) is 9.55 Å². The van der Waals surface area contributed by atoms with Gasteiger partial charge in [0, 0.05) is 0 Å². The highest BCUT2D eigenvalue weighted by Crippen LogP contribution is 2.32. The van der Waals surface area contributed by atoms with E-state index in [4.69, 9.17) is 15.6 Å². The van der Waals surface area contributed by atoms with Crippen LogP contribution in [0, 0.1) is 0 Å². The lowest BCUT2D eigenvalue weighted by atomic mass is 10.1. The van der Waals surface area contributed by atoms with E-state index in [0.717, 1.165) is 10.9 Å².